The van der Waals surface area contributed by atoms with E-state index in [1.54, 1.807) is 0 Å². The van der Waals surface area contributed by atoms with E-state index in [0.717, 1.165) is 11.5 Å². The number of hydrogen-bond donors (Lipinski definition) is 0. The van der Waals surface area contributed by atoms with Gasteiger partial charge in [0.05, 0.1) is 0 Å². The van der Waals surface area contributed by atoms with Crippen molar-refractivity contribution in [2.45, 2.75) is 50.7 Å². The molecule has 2 aromatic carbocycles. The molecule has 0 fully saturated rings. The lowest BCUT2D eigenvalue weighted by Crippen LogP contribution is -2.10. The molecule has 0 radical (unpaired) electrons. The van der Waals surface area contributed by atoms with Crippen LogP contribution in [0.1, 0.15) is 43.4 Å². The summed E-state index contributed by atoms with van der Waals surface area (Å²) >= 11 is 1.54. The van der Waals surface area contributed by atoms with E-state index in [1.165, 1.54) is 28.5 Å². The fourth-order valence-electron chi connectivity index (χ4n) is 2.38. The Bertz CT molecular complexity index is 834. The maximum absolute atomic E-state index is 5.66. The lowest BCUT2D eigenvalue weighted by molar-refractivity contribution is 0.252. The van der Waals surface area contributed by atoms with Gasteiger partial charge in [-0.05, 0) is 35.6 Å². The second kappa shape index (κ2) is 7.96. The fourth-order valence-corrected chi connectivity index (χ4v) is 3.12. The van der Waals surface area contributed by atoms with Crippen LogP contribution in [0, 0.1) is 6.92 Å². The summed E-state index contributed by atoms with van der Waals surface area (Å²) in [5.41, 5.74) is 3.94. The lowest BCUT2D eigenvalue weighted by Gasteiger charge is -2.19. The summed E-state index contributed by atoms with van der Waals surface area (Å²) in [6, 6.07) is 16.6. The Labute approximate surface area is 159 Å². The molecule has 0 bridgehead atoms. The number of nitrogens with zero attached hydrogens (tertiary/aromatic N) is 2. The largest absolute Gasteiger partial charge is 0.484 e. The van der Waals surface area contributed by atoms with Gasteiger partial charge in [0.25, 0.3) is 11.1 Å². The van der Waals surface area contributed by atoms with Gasteiger partial charge in [0.15, 0.2) is 6.61 Å². The number of rotatable bonds is 6. The number of ether oxygens (including phenoxy) is 1. The third kappa shape index (κ3) is 5.11. The molecule has 4 nitrogen and oxygen atoms in total. The first-order valence-electron chi connectivity index (χ1n) is 8.64. The SMILES string of the molecule is Cc1ccc(OCc2nnc(SCc3ccc(C(C)(C)C)cc3)o2)cc1. The van der Waals surface area contributed by atoms with Crippen LogP contribution >= 0.6 is 11.8 Å². The van der Waals surface area contributed by atoms with E-state index in [4.69, 9.17) is 9.15 Å². The zero-order valence-corrected chi connectivity index (χ0v) is 16.5. The average Bonchev–Trinajstić information content (AvgIpc) is 3.07. The van der Waals surface area contributed by atoms with Crippen molar-refractivity contribution in [3.63, 3.8) is 0 Å². The molecule has 3 aromatic rings. The highest BCUT2D eigenvalue weighted by Crippen LogP contribution is 2.25. The van der Waals surface area contributed by atoms with Crippen LogP contribution in [0.25, 0.3) is 0 Å². The minimum absolute atomic E-state index is 0.171. The Balaban J connectivity index is 1.51. The van der Waals surface area contributed by atoms with Gasteiger partial charge in [-0.25, -0.2) is 0 Å². The third-order valence-electron chi connectivity index (χ3n) is 4.01. The molecule has 136 valence electrons. The molecule has 0 saturated carbocycles. The number of benzene rings is 2. The molecule has 0 spiro atoms. The van der Waals surface area contributed by atoms with Crippen LogP contribution in [0.4, 0.5) is 0 Å². The molecule has 0 atom stereocenters. The van der Waals surface area contributed by atoms with Crippen LogP contribution in [0.5, 0.6) is 5.75 Å². The van der Waals surface area contributed by atoms with E-state index >= 15 is 0 Å². The van der Waals surface area contributed by atoms with E-state index < -0.39 is 0 Å². The summed E-state index contributed by atoms with van der Waals surface area (Å²) in [7, 11) is 0. The quantitative estimate of drug-likeness (QED) is 0.534. The van der Waals surface area contributed by atoms with Gasteiger partial charge in [-0.1, -0.05) is 74.5 Å². The summed E-state index contributed by atoms with van der Waals surface area (Å²) in [6.07, 6.45) is 0. The normalized spacial score (nSPS) is 11.5. The van der Waals surface area contributed by atoms with E-state index in [0.29, 0.717) is 11.1 Å². The highest BCUT2D eigenvalue weighted by atomic mass is 32.2. The number of hydrogen-bond acceptors (Lipinski definition) is 5. The monoisotopic (exact) mass is 368 g/mol. The van der Waals surface area contributed by atoms with Crippen molar-refractivity contribution in [3.8, 4) is 5.75 Å². The van der Waals surface area contributed by atoms with Gasteiger partial charge in [0.2, 0.25) is 0 Å². The summed E-state index contributed by atoms with van der Waals surface area (Å²) in [5.74, 6) is 2.07. The smallest absolute Gasteiger partial charge is 0.277 e. The van der Waals surface area contributed by atoms with Crippen molar-refractivity contribution in [1.29, 1.82) is 0 Å². The van der Waals surface area contributed by atoms with E-state index in [1.807, 2.05) is 31.2 Å². The zero-order valence-electron chi connectivity index (χ0n) is 15.7. The first-order valence-corrected chi connectivity index (χ1v) is 9.63. The molecule has 0 N–H and O–H groups in total. The first-order chi connectivity index (χ1) is 12.4. The van der Waals surface area contributed by atoms with Crippen LogP contribution in [-0.4, -0.2) is 10.2 Å². The van der Waals surface area contributed by atoms with Crippen molar-refractivity contribution >= 4 is 11.8 Å². The topological polar surface area (TPSA) is 48.2 Å². The Morgan fingerprint density at radius 1 is 0.962 bits per heavy atom. The summed E-state index contributed by atoms with van der Waals surface area (Å²) in [4.78, 5) is 0. The van der Waals surface area contributed by atoms with Crippen molar-refractivity contribution < 1.29 is 9.15 Å². The van der Waals surface area contributed by atoms with Crippen LogP contribution in [0.2, 0.25) is 0 Å². The summed E-state index contributed by atoms with van der Waals surface area (Å²) in [6.45, 7) is 8.97. The predicted octanol–water partition coefficient (Wildman–Crippen LogP) is 5.55. The summed E-state index contributed by atoms with van der Waals surface area (Å²) in [5, 5.41) is 8.69. The van der Waals surface area contributed by atoms with Gasteiger partial charge in [0, 0.05) is 5.75 Å². The van der Waals surface area contributed by atoms with Gasteiger partial charge in [0.1, 0.15) is 5.75 Å². The molecule has 3 rings (SSSR count). The molecule has 5 heteroatoms. The molecule has 0 aliphatic carbocycles. The lowest BCUT2D eigenvalue weighted by atomic mass is 9.87. The van der Waals surface area contributed by atoms with E-state index in [2.05, 4.69) is 55.2 Å². The minimum atomic E-state index is 0.171. The Hall–Kier alpha value is -2.27. The standard InChI is InChI=1S/C21H24N2O2S/c1-15-5-11-18(12-6-15)24-13-19-22-23-20(25-19)26-14-16-7-9-17(10-8-16)21(2,3)4/h5-12H,13-14H2,1-4H3. The van der Waals surface area contributed by atoms with Crippen molar-refractivity contribution in [1.82, 2.24) is 10.2 Å². The van der Waals surface area contributed by atoms with Crippen LogP contribution in [0.15, 0.2) is 58.2 Å². The van der Waals surface area contributed by atoms with Gasteiger partial charge in [-0.2, -0.15) is 0 Å². The molecule has 0 unspecified atom stereocenters. The second-order valence-corrected chi connectivity index (χ2v) is 8.23. The first kappa shape index (κ1) is 18.5. The van der Waals surface area contributed by atoms with Crippen molar-refractivity contribution in [3.05, 3.63) is 71.1 Å². The minimum Gasteiger partial charge on any atom is -0.484 e. The molecule has 0 aliphatic heterocycles. The molecule has 0 saturated heterocycles. The van der Waals surface area contributed by atoms with E-state index in [-0.39, 0.29) is 12.0 Å². The highest BCUT2D eigenvalue weighted by Gasteiger charge is 2.13. The van der Waals surface area contributed by atoms with Gasteiger partial charge in [-0.15, -0.1) is 10.2 Å². The maximum atomic E-state index is 5.66. The van der Waals surface area contributed by atoms with Gasteiger partial charge in [-0.3, -0.25) is 0 Å². The average molecular weight is 369 g/mol. The Kier molecular flexibility index (Phi) is 5.67. The van der Waals surface area contributed by atoms with Crippen LogP contribution < -0.4 is 4.74 Å². The third-order valence-corrected chi connectivity index (χ3v) is 4.90. The number of aromatic nitrogens is 2. The van der Waals surface area contributed by atoms with Gasteiger partial charge < -0.3 is 9.15 Å². The predicted molar refractivity (Wildman–Crippen MR) is 105 cm³/mol. The molecular weight excluding hydrogens is 344 g/mol. The molecular formula is C21H24N2O2S. The zero-order chi connectivity index (χ0) is 18.6. The summed E-state index contributed by atoms with van der Waals surface area (Å²) < 4.78 is 11.3. The molecule has 1 aromatic heterocycles. The highest BCUT2D eigenvalue weighted by molar-refractivity contribution is 7.98. The van der Waals surface area contributed by atoms with Crippen LogP contribution in [-0.2, 0) is 17.8 Å². The van der Waals surface area contributed by atoms with Gasteiger partial charge >= 0.3 is 0 Å². The maximum Gasteiger partial charge on any atom is 0.277 e. The van der Waals surface area contributed by atoms with Crippen molar-refractivity contribution in [2.75, 3.05) is 0 Å². The molecule has 26 heavy (non-hydrogen) atoms. The molecule has 0 amide bonds. The molecule has 1 heterocycles. The van der Waals surface area contributed by atoms with Crippen LogP contribution in [0.3, 0.4) is 0 Å². The molecule has 0 aliphatic rings. The number of aryl methyl sites for hydroxylation is 1. The Morgan fingerprint density at radius 2 is 1.65 bits per heavy atom. The van der Waals surface area contributed by atoms with E-state index in [9.17, 15) is 0 Å². The van der Waals surface area contributed by atoms with Crippen molar-refractivity contribution in [2.24, 2.45) is 0 Å². The Morgan fingerprint density at radius 3 is 2.31 bits per heavy atom. The number of thioether (sulfide) groups is 1. The second-order valence-electron chi connectivity index (χ2n) is 7.30. The fraction of sp³-hybridized carbons (Fsp3) is 0.333.